The number of amides is 2. The van der Waals surface area contributed by atoms with Gasteiger partial charge in [0.05, 0.1) is 4.91 Å². The lowest BCUT2D eigenvalue weighted by Gasteiger charge is -2.22. The maximum Gasteiger partial charge on any atom is 0.266 e. The largest absolute Gasteiger partial charge is 0.339 e. The molecule has 0 bridgehead atoms. The number of rotatable bonds is 9. The van der Waals surface area contributed by atoms with Gasteiger partial charge in [0.15, 0.2) is 0 Å². The van der Waals surface area contributed by atoms with E-state index in [0.717, 1.165) is 17.5 Å². The predicted octanol–water partition coefficient (Wildman–Crippen LogP) is 5.28. The second-order valence-corrected chi connectivity index (χ2v) is 9.10. The minimum atomic E-state index is -0.0707. The van der Waals surface area contributed by atoms with Crippen LogP contribution in [0.5, 0.6) is 0 Å². The minimum absolute atomic E-state index is 0.0707. The molecule has 1 heterocycles. The number of hydrogen-bond acceptors (Lipinski definition) is 4. The number of carbonyl (C=O) groups excluding carboxylic acids is 2. The number of thiocarbonyl (C=S) groups is 1. The summed E-state index contributed by atoms with van der Waals surface area (Å²) in [4.78, 5) is 29.6. The van der Waals surface area contributed by atoms with Crippen LogP contribution in [0, 0.1) is 0 Å². The monoisotopic (exact) mass is 452 g/mol. The first-order chi connectivity index (χ1) is 15.0. The molecule has 2 amide bonds. The van der Waals surface area contributed by atoms with Gasteiger partial charge in [-0.05, 0) is 42.5 Å². The minimum Gasteiger partial charge on any atom is -0.339 e. The van der Waals surface area contributed by atoms with E-state index >= 15 is 0 Å². The van der Waals surface area contributed by atoms with Crippen LogP contribution in [0.2, 0.25) is 0 Å². The molecule has 1 aliphatic heterocycles. The summed E-state index contributed by atoms with van der Waals surface area (Å²) in [5.41, 5.74) is 3.38. The SMILES string of the molecule is CCc1ccc(C=C2SC(=S)N(CCCC(=O)N(CC)Cc3ccccc3)C2=O)cc1. The summed E-state index contributed by atoms with van der Waals surface area (Å²) in [5.74, 6) is 0.0296. The van der Waals surface area contributed by atoms with Gasteiger partial charge in [-0.1, -0.05) is 85.5 Å². The van der Waals surface area contributed by atoms with Crippen molar-refractivity contribution in [3.63, 3.8) is 0 Å². The number of nitrogens with zero attached hydrogens (tertiary/aromatic N) is 2. The molecular weight excluding hydrogens is 424 g/mol. The van der Waals surface area contributed by atoms with Gasteiger partial charge in [-0.25, -0.2) is 0 Å². The molecule has 0 atom stereocenters. The van der Waals surface area contributed by atoms with Crippen molar-refractivity contribution >= 4 is 46.2 Å². The van der Waals surface area contributed by atoms with Crippen LogP contribution < -0.4 is 0 Å². The Morgan fingerprint density at radius 2 is 1.77 bits per heavy atom. The standard InChI is InChI=1S/C25H28N2O2S2/c1-3-19-12-14-20(15-13-19)17-22-24(29)27(25(30)31-22)16-8-11-23(28)26(4-2)18-21-9-6-5-7-10-21/h5-7,9-10,12-15,17H,3-4,8,11,16,18H2,1-2H3. The van der Waals surface area contributed by atoms with Gasteiger partial charge in [-0.15, -0.1) is 0 Å². The van der Waals surface area contributed by atoms with Crippen LogP contribution in [0.1, 0.15) is 43.4 Å². The Morgan fingerprint density at radius 1 is 1.06 bits per heavy atom. The van der Waals surface area contributed by atoms with Crippen LogP contribution in [0.15, 0.2) is 59.5 Å². The Hall–Kier alpha value is -2.44. The molecule has 0 aromatic heterocycles. The molecule has 4 nitrogen and oxygen atoms in total. The molecule has 1 saturated heterocycles. The van der Waals surface area contributed by atoms with Crippen LogP contribution in [-0.2, 0) is 22.6 Å². The van der Waals surface area contributed by atoms with E-state index in [4.69, 9.17) is 12.2 Å². The van der Waals surface area contributed by atoms with Crippen molar-refractivity contribution in [3.8, 4) is 0 Å². The van der Waals surface area contributed by atoms with E-state index in [2.05, 4.69) is 19.1 Å². The zero-order valence-corrected chi connectivity index (χ0v) is 19.7. The fourth-order valence-electron chi connectivity index (χ4n) is 3.42. The van der Waals surface area contributed by atoms with Crippen LogP contribution in [0.3, 0.4) is 0 Å². The molecule has 0 N–H and O–H groups in total. The highest BCUT2D eigenvalue weighted by molar-refractivity contribution is 8.26. The van der Waals surface area contributed by atoms with Crippen LogP contribution in [-0.4, -0.2) is 39.0 Å². The van der Waals surface area contributed by atoms with Gasteiger partial charge in [0.1, 0.15) is 4.32 Å². The summed E-state index contributed by atoms with van der Waals surface area (Å²) in [7, 11) is 0. The Labute approximate surface area is 194 Å². The molecule has 0 spiro atoms. The van der Waals surface area contributed by atoms with E-state index in [1.807, 2.05) is 60.4 Å². The van der Waals surface area contributed by atoms with Crippen molar-refractivity contribution in [1.29, 1.82) is 0 Å². The van der Waals surface area contributed by atoms with Crippen molar-refractivity contribution in [3.05, 3.63) is 76.2 Å². The Kier molecular flexibility index (Phi) is 8.43. The molecule has 0 unspecified atom stereocenters. The second kappa shape index (κ2) is 11.3. The third-order valence-electron chi connectivity index (χ3n) is 5.28. The van der Waals surface area contributed by atoms with Gasteiger partial charge in [-0.2, -0.15) is 0 Å². The number of carbonyl (C=O) groups is 2. The van der Waals surface area contributed by atoms with Gasteiger partial charge >= 0.3 is 0 Å². The molecule has 0 radical (unpaired) electrons. The van der Waals surface area contributed by atoms with E-state index < -0.39 is 0 Å². The maximum atomic E-state index is 12.8. The van der Waals surface area contributed by atoms with Crippen molar-refractivity contribution in [2.24, 2.45) is 0 Å². The fraction of sp³-hybridized carbons (Fsp3) is 0.320. The number of aryl methyl sites for hydroxylation is 1. The zero-order valence-electron chi connectivity index (χ0n) is 18.0. The lowest BCUT2D eigenvalue weighted by atomic mass is 10.1. The highest BCUT2D eigenvalue weighted by Gasteiger charge is 2.31. The summed E-state index contributed by atoms with van der Waals surface area (Å²) >= 11 is 6.75. The van der Waals surface area contributed by atoms with Gasteiger partial charge < -0.3 is 4.90 Å². The van der Waals surface area contributed by atoms with Crippen molar-refractivity contribution in [2.45, 2.75) is 39.7 Å². The first kappa shape index (κ1) is 23.2. The molecule has 3 rings (SSSR count). The quantitative estimate of drug-likeness (QED) is 0.383. The first-order valence-electron chi connectivity index (χ1n) is 10.7. The van der Waals surface area contributed by atoms with Crippen molar-refractivity contribution in [1.82, 2.24) is 9.80 Å². The smallest absolute Gasteiger partial charge is 0.266 e. The Bertz CT molecular complexity index is 955. The summed E-state index contributed by atoms with van der Waals surface area (Å²) in [5, 5.41) is 0. The number of benzene rings is 2. The third-order valence-corrected chi connectivity index (χ3v) is 6.66. The molecular formula is C25H28N2O2S2. The molecule has 162 valence electrons. The molecule has 31 heavy (non-hydrogen) atoms. The molecule has 0 saturated carbocycles. The van der Waals surface area contributed by atoms with E-state index in [9.17, 15) is 9.59 Å². The average Bonchev–Trinajstić information content (AvgIpc) is 3.05. The molecule has 0 aliphatic carbocycles. The van der Waals surface area contributed by atoms with Crippen LogP contribution in [0.25, 0.3) is 6.08 Å². The second-order valence-electron chi connectivity index (χ2n) is 7.43. The van der Waals surface area contributed by atoms with Crippen LogP contribution >= 0.6 is 24.0 Å². The Morgan fingerprint density at radius 3 is 2.42 bits per heavy atom. The highest BCUT2D eigenvalue weighted by Crippen LogP contribution is 2.32. The van der Waals surface area contributed by atoms with Gasteiger partial charge in [0.2, 0.25) is 5.91 Å². The van der Waals surface area contributed by atoms with E-state index in [1.165, 1.54) is 17.3 Å². The number of thioether (sulfide) groups is 1. The first-order valence-corrected chi connectivity index (χ1v) is 11.9. The lowest BCUT2D eigenvalue weighted by molar-refractivity contribution is -0.132. The summed E-state index contributed by atoms with van der Waals surface area (Å²) < 4.78 is 0.561. The van der Waals surface area contributed by atoms with E-state index in [-0.39, 0.29) is 11.8 Å². The summed E-state index contributed by atoms with van der Waals surface area (Å²) in [6.45, 7) is 5.84. The van der Waals surface area contributed by atoms with Gasteiger partial charge in [-0.3, -0.25) is 14.5 Å². The topological polar surface area (TPSA) is 40.6 Å². The normalized spacial score (nSPS) is 15.0. The van der Waals surface area contributed by atoms with Crippen molar-refractivity contribution in [2.75, 3.05) is 13.1 Å². The van der Waals surface area contributed by atoms with Crippen molar-refractivity contribution < 1.29 is 9.59 Å². The lowest BCUT2D eigenvalue weighted by Crippen LogP contribution is -2.32. The van der Waals surface area contributed by atoms with Crippen LogP contribution in [0.4, 0.5) is 0 Å². The Balaban J connectivity index is 1.53. The summed E-state index contributed by atoms with van der Waals surface area (Å²) in [6, 6.07) is 18.2. The maximum absolute atomic E-state index is 12.8. The van der Waals surface area contributed by atoms with Gasteiger partial charge in [0, 0.05) is 26.1 Å². The molecule has 2 aromatic rings. The summed E-state index contributed by atoms with van der Waals surface area (Å²) in [6.07, 6.45) is 3.87. The van der Waals surface area contributed by atoms with Gasteiger partial charge in [0.25, 0.3) is 5.91 Å². The molecule has 1 fully saturated rings. The van der Waals surface area contributed by atoms with E-state index in [0.29, 0.717) is 41.7 Å². The molecule has 6 heteroatoms. The molecule has 1 aliphatic rings. The highest BCUT2D eigenvalue weighted by atomic mass is 32.2. The van der Waals surface area contributed by atoms with E-state index in [1.54, 1.807) is 4.90 Å². The number of hydrogen-bond donors (Lipinski definition) is 0. The third kappa shape index (κ3) is 6.28. The zero-order chi connectivity index (χ0) is 22.2. The average molecular weight is 453 g/mol. The fourth-order valence-corrected chi connectivity index (χ4v) is 4.73. The predicted molar refractivity (Wildman–Crippen MR) is 132 cm³/mol. The molecule has 2 aromatic carbocycles.